The number of hydrogen-bond acceptors (Lipinski definition) is 3. The van der Waals surface area contributed by atoms with Crippen LogP contribution in [0.15, 0.2) is 40.4 Å². The summed E-state index contributed by atoms with van der Waals surface area (Å²) in [4.78, 5) is 22.5. The lowest BCUT2D eigenvalue weighted by atomic mass is 9.67. The number of likely N-dealkylation sites (tertiary alicyclic amines) is 1. The van der Waals surface area contributed by atoms with Gasteiger partial charge in [0, 0.05) is 19.1 Å². The first kappa shape index (κ1) is 21.9. The predicted octanol–water partition coefficient (Wildman–Crippen LogP) is 2.91. The number of piperidine rings is 1. The summed E-state index contributed by atoms with van der Waals surface area (Å²) in [5, 5.41) is 0. The van der Waals surface area contributed by atoms with Crippen LogP contribution >= 0.6 is 0 Å². The molecule has 0 atom stereocenters. The van der Waals surface area contributed by atoms with Gasteiger partial charge in [0.05, 0.1) is 12.0 Å². The van der Waals surface area contributed by atoms with Gasteiger partial charge in [0.25, 0.3) is 0 Å². The van der Waals surface area contributed by atoms with E-state index in [9.17, 15) is 4.79 Å². The second-order valence-electron chi connectivity index (χ2n) is 9.64. The Morgan fingerprint density at radius 1 is 1.13 bits per heavy atom. The Balaban J connectivity index is 1.49. The average Bonchev–Trinajstić information content (AvgIpc) is 2.77. The van der Waals surface area contributed by atoms with Crippen LogP contribution < -0.4 is 11.5 Å². The van der Waals surface area contributed by atoms with Crippen molar-refractivity contribution in [2.75, 3.05) is 26.2 Å². The molecule has 168 valence electrons. The van der Waals surface area contributed by atoms with Gasteiger partial charge in [-0.15, -0.1) is 0 Å². The first-order chi connectivity index (χ1) is 14.9. The molecule has 1 saturated carbocycles. The molecule has 3 aliphatic rings. The topological polar surface area (TPSA) is 88.0 Å². The molecule has 1 aliphatic carbocycles. The van der Waals surface area contributed by atoms with Crippen molar-refractivity contribution in [1.82, 2.24) is 9.80 Å². The van der Waals surface area contributed by atoms with E-state index >= 15 is 0 Å². The summed E-state index contributed by atoms with van der Waals surface area (Å²) in [6.45, 7) is 8.14. The summed E-state index contributed by atoms with van der Waals surface area (Å²) in [5.74, 6) is 0.337. The van der Waals surface area contributed by atoms with Gasteiger partial charge >= 0.3 is 0 Å². The van der Waals surface area contributed by atoms with Gasteiger partial charge in [0.15, 0.2) is 5.96 Å². The smallest absolute Gasteiger partial charge is 0.233 e. The highest BCUT2D eigenvalue weighted by molar-refractivity contribution is 5.90. The summed E-state index contributed by atoms with van der Waals surface area (Å²) in [6.07, 6.45) is 6.76. The fourth-order valence-corrected chi connectivity index (χ4v) is 5.87. The number of nitrogens with zero attached hydrogens (tertiary/aromatic N) is 3. The van der Waals surface area contributed by atoms with Gasteiger partial charge in [-0.1, -0.05) is 35.4 Å². The molecular formula is C25H37N5O. The number of amides is 1. The number of aliphatic imine (C=N–C) groups is 1. The summed E-state index contributed by atoms with van der Waals surface area (Å²) in [5.41, 5.74) is 16.2. The molecule has 6 nitrogen and oxygen atoms in total. The molecule has 4 N–H and O–H groups in total. The van der Waals surface area contributed by atoms with Crippen molar-refractivity contribution >= 4 is 11.9 Å². The van der Waals surface area contributed by atoms with E-state index in [0.717, 1.165) is 25.9 Å². The molecule has 0 bridgehead atoms. The van der Waals surface area contributed by atoms with Crippen LogP contribution in [-0.2, 0) is 16.8 Å². The second-order valence-corrected chi connectivity index (χ2v) is 9.64. The highest BCUT2D eigenvalue weighted by atomic mass is 16.2. The monoisotopic (exact) mass is 423 g/mol. The Hall–Kier alpha value is -2.34. The van der Waals surface area contributed by atoms with Crippen LogP contribution in [0.25, 0.3) is 0 Å². The molecule has 1 aromatic rings. The number of guanidine groups is 1. The minimum atomic E-state index is -0.400. The molecule has 6 heteroatoms. The Morgan fingerprint density at radius 3 is 2.45 bits per heavy atom. The molecule has 2 fully saturated rings. The number of hydrogen-bond donors (Lipinski definition) is 2. The zero-order chi connectivity index (χ0) is 22.0. The van der Waals surface area contributed by atoms with Crippen LogP contribution in [0.3, 0.4) is 0 Å². The van der Waals surface area contributed by atoms with E-state index in [1.54, 1.807) is 5.57 Å². The molecule has 0 radical (unpaired) electrons. The summed E-state index contributed by atoms with van der Waals surface area (Å²) >= 11 is 0. The molecule has 4 rings (SSSR count). The lowest BCUT2D eigenvalue weighted by molar-refractivity contribution is -0.142. The van der Waals surface area contributed by atoms with Crippen molar-refractivity contribution in [2.24, 2.45) is 16.5 Å². The van der Waals surface area contributed by atoms with Crippen LogP contribution in [0.1, 0.15) is 63.5 Å². The number of rotatable bonds is 4. The number of benzene rings is 1. The Kier molecular flexibility index (Phi) is 6.37. The number of carbonyl (C=O) groups is 1. The molecule has 2 heterocycles. The van der Waals surface area contributed by atoms with Crippen molar-refractivity contribution in [2.45, 2.75) is 70.4 Å². The molecule has 1 aromatic carbocycles. The van der Waals surface area contributed by atoms with Gasteiger partial charge < -0.3 is 21.3 Å². The van der Waals surface area contributed by atoms with Crippen LogP contribution in [-0.4, -0.2) is 53.9 Å². The summed E-state index contributed by atoms with van der Waals surface area (Å²) < 4.78 is 0. The molecule has 1 spiro atoms. The standard InChI is InChI=1S/C25H37N5O/c1-18(2)19-7-9-21(10-8-19)29-14-11-25(12-15-29)22-6-4-3-5-20(22)17-30(23(25)31)16-13-28-24(26)27/h3-6,21H,7-17H2,1-2H3,(H4,26,27,28). The van der Waals surface area contributed by atoms with Crippen molar-refractivity contribution in [3.63, 3.8) is 0 Å². The third-order valence-electron chi connectivity index (χ3n) is 7.69. The van der Waals surface area contributed by atoms with Crippen LogP contribution in [0.5, 0.6) is 0 Å². The van der Waals surface area contributed by atoms with Gasteiger partial charge in [-0.05, 0) is 76.6 Å². The van der Waals surface area contributed by atoms with Crippen LogP contribution in [0.4, 0.5) is 0 Å². The molecule has 0 aromatic heterocycles. The van der Waals surface area contributed by atoms with Crippen molar-refractivity contribution < 1.29 is 4.79 Å². The highest BCUT2D eigenvalue weighted by Gasteiger charge is 2.49. The zero-order valence-corrected chi connectivity index (χ0v) is 19.1. The maximum Gasteiger partial charge on any atom is 0.233 e. The zero-order valence-electron chi connectivity index (χ0n) is 19.1. The molecule has 31 heavy (non-hydrogen) atoms. The van der Waals surface area contributed by atoms with Crippen molar-refractivity contribution in [3.8, 4) is 0 Å². The first-order valence-corrected chi connectivity index (χ1v) is 11.7. The fourth-order valence-electron chi connectivity index (χ4n) is 5.87. The average molecular weight is 424 g/mol. The quantitative estimate of drug-likeness (QED) is 0.443. The molecule has 1 amide bonds. The Labute approximate surface area is 186 Å². The van der Waals surface area contributed by atoms with E-state index in [1.165, 1.54) is 42.4 Å². The predicted molar refractivity (Wildman–Crippen MR) is 126 cm³/mol. The van der Waals surface area contributed by atoms with E-state index in [2.05, 4.69) is 48.0 Å². The van der Waals surface area contributed by atoms with Gasteiger partial charge in [0.1, 0.15) is 0 Å². The molecule has 1 saturated heterocycles. The molecule has 0 unspecified atom stereocenters. The lowest BCUT2D eigenvalue weighted by Gasteiger charge is -2.49. The Bertz CT molecular complexity index is 864. The highest BCUT2D eigenvalue weighted by Crippen LogP contribution is 2.44. The van der Waals surface area contributed by atoms with E-state index in [4.69, 9.17) is 11.5 Å². The van der Waals surface area contributed by atoms with E-state index in [-0.39, 0.29) is 11.9 Å². The van der Waals surface area contributed by atoms with E-state index in [1.807, 2.05) is 4.90 Å². The number of nitrogens with two attached hydrogens (primary N) is 2. The third kappa shape index (κ3) is 4.36. The first-order valence-electron chi connectivity index (χ1n) is 11.7. The summed E-state index contributed by atoms with van der Waals surface area (Å²) in [7, 11) is 0. The number of carbonyl (C=O) groups excluding carboxylic acids is 1. The normalized spacial score (nSPS) is 23.5. The lowest BCUT2D eigenvalue weighted by Crippen LogP contribution is -2.57. The fraction of sp³-hybridized carbons (Fsp3) is 0.600. The van der Waals surface area contributed by atoms with Gasteiger partial charge in [-0.2, -0.15) is 0 Å². The maximum absolute atomic E-state index is 13.7. The molecule has 2 aliphatic heterocycles. The van der Waals surface area contributed by atoms with Gasteiger partial charge in [-0.25, -0.2) is 0 Å². The minimum Gasteiger partial charge on any atom is -0.370 e. The third-order valence-corrected chi connectivity index (χ3v) is 7.69. The maximum atomic E-state index is 13.7. The van der Waals surface area contributed by atoms with Gasteiger partial charge in [-0.3, -0.25) is 9.79 Å². The minimum absolute atomic E-state index is 0.0802. The number of allylic oxidation sites excluding steroid dienone is 2. The number of fused-ring (bicyclic) bond motifs is 2. The summed E-state index contributed by atoms with van der Waals surface area (Å²) in [6, 6.07) is 9.17. The molecular weight excluding hydrogens is 386 g/mol. The van der Waals surface area contributed by atoms with Crippen LogP contribution in [0.2, 0.25) is 0 Å². The van der Waals surface area contributed by atoms with E-state index < -0.39 is 5.41 Å². The second kappa shape index (κ2) is 9.03. The SMILES string of the molecule is CC(C)=C1CCC(N2CCC3(CC2)C(=O)N(CCN=C(N)N)Cc2ccccc23)CC1. The Morgan fingerprint density at radius 2 is 1.81 bits per heavy atom. The van der Waals surface area contributed by atoms with Crippen molar-refractivity contribution in [3.05, 3.63) is 46.5 Å². The largest absolute Gasteiger partial charge is 0.370 e. The van der Waals surface area contributed by atoms with Crippen LogP contribution in [0, 0.1) is 0 Å². The van der Waals surface area contributed by atoms with Crippen molar-refractivity contribution in [1.29, 1.82) is 0 Å². The van der Waals surface area contributed by atoms with E-state index in [0.29, 0.717) is 25.7 Å². The van der Waals surface area contributed by atoms with Gasteiger partial charge in [0.2, 0.25) is 5.91 Å².